The summed E-state index contributed by atoms with van der Waals surface area (Å²) in [6.07, 6.45) is 2.67. The molecule has 0 atom stereocenters. The predicted molar refractivity (Wildman–Crippen MR) is 94.7 cm³/mol. The third kappa shape index (κ3) is 5.43. The van der Waals surface area contributed by atoms with Crippen LogP contribution >= 0.6 is 0 Å². The quantitative estimate of drug-likeness (QED) is 0.599. The second-order valence-corrected chi connectivity index (χ2v) is 5.12. The van der Waals surface area contributed by atoms with Crippen LogP contribution in [0.2, 0.25) is 0 Å². The smallest absolute Gasteiger partial charge is 0.240 e. The lowest BCUT2D eigenvalue weighted by Gasteiger charge is -2.09. The van der Waals surface area contributed by atoms with Gasteiger partial charge in [-0.1, -0.05) is 30.3 Å². The Morgan fingerprint density at radius 1 is 1.17 bits per heavy atom. The van der Waals surface area contributed by atoms with Crippen LogP contribution in [0.3, 0.4) is 0 Å². The van der Waals surface area contributed by atoms with Crippen LogP contribution in [0, 0.1) is 0 Å². The number of ether oxygens (including phenoxy) is 2. The van der Waals surface area contributed by atoms with E-state index in [1.165, 1.54) is 0 Å². The van der Waals surface area contributed by atoms with Crippen molar-refractivity contribution in [3.8, 4) is 11.5 Å². The van der Waals surface area contributed by atoms with E-state index in [-0.39, 0.29) is 5.91 Å². The summed E-state index contributed by atoms with van der Waals surface area (Å²) in [6.45, 7) is 2.49. The monoisotopic (exact) mass is 326 g/mol. The Morgan fingerprint density at radius 2 is 1.96 bits per heavy atom. The minimum Gasteiger partial charge on any atom is -0.493 e. The molecule has 0 aromatic heterocycles. The SMILES string of the molecule is CCOc1ccc(/C=N\NC(=O)CCc2ccccc2)cc1OC. The molecule has 2 aromatic carbocycles. The highest BCUT2D eigenvalue weighted by Crippen LogP contribution is 2.27. The molecule has 0 fully saturated rings. The Balaban J connectivity index is 1.85. The van der Waals surface area contributed by atoms with Crippen LogP contribution < -0.4 is 14.9 Å². The molecule has 0 saturated heterocycles. The number of hydrazone groups is 1. The third-order valence-electron chi connectivity index (χ3n) is 3.37. The summed E-state index contributed by atoms with van der Waals surface area (Å²) in [7, 11) is 1.59. The second kappa shape index (κ2) is 9.35. The molecule has 126 valence electrons. The molecule has 1 amide bonds. The van der Waals surface area contributed by atoms with E-state index < -0.39 is 0 Å². The van der Waals surface area contributed by atoms with Gasteiger partial charge in [0, 0.05) is 6.42 Å². The number of hydrogen-bond acceptors (Lipinski definition) is 4. The topological polar surface area (TPSA) is 59.9 Å². The zero-order valence-corrected chi connectivity index (χ0v) is 14.0. The van der Waals surface area contributed by atoms with Crippen molar-refractivity contribution in [2.45, 2.75) is 19.8 Å². The number of rotatable bonds is 8. The summed E-state index contributed by atoms with van der Waals surface area (Å²) in [5, 5.41) is 3.98. The van der Waals surface area contributed by atoms with Gasteiger partial charge in [-0.05, 0) is 42.7 Å². The second-order valence-electron chi connectivity index (χ2n) is 5.12. The Bertz CT molecular complexity index is 684. The van der Waals surface area contributed by atoms with Gasteiger partial charge in [-0.15, -0.1) is 0 Å². The molecule has 0 spiro atoms. The maximum absolute atomic E-state index is 11.8. The van der Waals surface area contributed by atoms with Crippen LogP contribution in [0.1, 0.15) is 24.5 Å². The zero-order chi connectivity index (χ0) is 17.2. The third-order valence-corrected chi connectivity index (χ3v) is 3.37. The molecule has 0 bridgehead atoms. The fourth-order valence-corrected chi connectivity index (χ4v) is 2.18. The van der Waals surface area contributed by atoms with Crippen molar-refractivity contribution in [1.82, 2.24) is 5.43 Å². The number of methoxy groups -OCH3 is 1. The number of carbonyl (C=O) groups is 1. The first kappa shape index (κ1) is 17.5. The summed E-state index contributed by atoms with van der Waals surface area (Å²) in [5.41, 5.74) is 4.49. The number of carbonyl (C=O) groups excluding carboxylic acids is 1. The van der Waals surface area contributed by atoms with Crippen molar-refractivity contribution in [2.75, 3.05) is 13.7 Å². The Kier molecular flexibility index (Phi) is 6.83. The van der Waals surface area contributed by atoms with E-state index in [9.17, 15) is 4.79 Å². The molecule has 0 aliphatic heterocycles. The molecule has 24 heavy (non-hydrogen) atoms. The molecule has 0 aliphatic rings. The molecule has 2 aromatic rings. The molecule has 0 radical (unpaired) electrons. The van der Waals surface area contributed by atoms with Gasteiger partial charge < -0.3 is 9.47 Å². The van der Waals surface area contributed by atoms with Gasteiger partial charge in [0.1, 0.15) is 0 Å². The van der Waals surface area contributed by atoms with Crippen LogP contribution in [-0.2, 0) is 11.2 Å². The summed E-state index contributed by atoms with van der Waals surface area (Å²) >= 11 is 0. The number of amides is 1. The van der Waals surface area contributed by atoms with Crippen LogP contribution in [0.5, 0.6) is 11.5 Å². The first-order valence-electron chi connectivity index (χ1n) is 7.89. The van der Waals surface area contributed by atoms with Gasteiger partial charge in [0.15, 0.2) is 11.5 Å². The fourth-order valence-electron chi connectivity index (χ4n) is 2.18. The van der Waals surface area contributed by atoms with Crippen LogP contribution in [0.15, 0.2) is 53.6 Å². The highest BCUT2D eigenvalue weighted by Gasteiger charge is 2.04. The molecule has 5 nitrogen and oxygen atoms in total. The molecule has 0 saturated carbocycles. The number of nitrogens with one attached hydrogen (secondary N) is 1. The highest BCUT2D eigenvalue weighted by molar-refractivity contribution is 5.83. The number of aryl methyl sites for hydroxylation is 1. The van der Waals surface area contributed by atoms with Gasteiger partial charge in [-0.25, -0.2) is 5.43 Å². The molecule has 2 rings (SSSR count). The van der Waals surface area contributed by atoms with Crippen LogP contribution in [0.25, 0.3) is 0 Å². The van der Waals surface area contributed by atoms with E-state index in [1.807, 2.05) is 55.5 Å². The van der Waals surface area contributed by atoms with E-state index in [0.29, 0.717) is 30.9 Å². The summed E-state index contributed by atoms with van der Waals surface area (Å²) in [4.78, 5) is 11.8. The van der Waals surface area contributed by atoms with Gasteiger partial charge in [-0.2, -0.15) is 5.10 Å². The first-order chi connectivity index (χ1) is 11.7. The lowest BCUT2D eigenvalue weighted by Crippen LogP contribution is -2.17. The van der Waals surface area contributed by atoms with Crippen LogP contribution in [0.4, 0.5) is 0 Å². The van der Waals surface area contributed by atoms with E-state index >= 15 is 0 Å². The lowest BCUT2D eigenvalue weighted by molar-refractivity contribution is -0.121. The maximum Gasteiger partial charge on any atom is 0.240 e. The van der Waals surface area contributed by atoms with Crippen molar-refractivity contribution in [3.63, 3.8) is 0 Å². The van der Waals surface area contributed by atoms with E-state index in [0.717, 1.165) is 11.1 Å². The maximum atomic E-state index is 11.8. The summed E-state index contributed by atoms with van der Waals surface area (Å²) in [6, 6.07) is 15.4. The molecule has 0 aliphatic carbocycles. The van der Waals surface area contributed by atoms with Crippen molar-refractivity contribution >= 4 is 12.1 Å². The number of benzene rings is 2. The van der Waals surface area contributed by atoms with Gasteiger partial charge in [0.2, 0.25) is 5.91 Å². The van der Waals surface area contributed by atoms with Crippen molar-refractivity contribution in [3.05, 3.63) is 59.7 Å². The first-order valence-corrected chi connectivity index (χ1v) is 7.89. The molecular weight excluding hydrogens is 304 g/mol. The normalized spacial score (nSPS) is 10.6. The fraction of sp³-hybridized carbons (Fsp3) is 0.263. The van der Waals surface area contributed by atoms with E-state index in [4.69, 9.17) is 9.47 Å². The lowest BCUT2D eigenvalue weighted by atomic mass is 10.1. The van der Waals surface area contributed by atoms with Crippen LogP contribution in [-0.4, -0.2) is 25.8 Å². The Morgan fingerprint density at radius 3 is 2.67 bits per heavy atom. The summed E-state index contributed by atoms with van der Waals surface area (Å²) in [5.74, 6) is 1.20. The average molecular weight is 326 g/mol. The number of hydrogen-bond donors (Lipinski definition) is 1. The highest BCUT2D eigenvalue weighted by atomic mass is 16.5. The molecule has 1 N–H and O–H groups in total. The minimum atomic E-state index is -0.118. The molecule has 5 heteroatoms. The zero-order valence-electron chi connectivity index (χ0n) is 14.0. The van der Waals surface area contributed by atoms with Gasteiger partial charge in [0.05, 0.1) is 19.9 Å². The largest absolute Gasteiger partial charge is 0.493 e. The van der Waals surface area contributed by atoms with Crippen molar-refractivity contribution in [1.29, 1.82) is 0 Å². The van der Waals surface area contributed by atoms with Gasteiger partial charge in [0.25, 0.3) is 0 Å². The Labute approximate surface area is 142 Å². The Hall–Kier alpha value is -2.82. The minimum absolute atomic E-state index is 0.118. The predicted octanol–water partition coefficient (Wildman–Crippen LogP) is 3.18. The average Bonchev–Trinajstić information content (AvgIpc) is 2.62. The standard InChI is InChI=1S/C19H22N2O3/c1-3-24-17-11-9-16(13-18(17)23-2)14-20-21-19(22)12-10-15-7-5-4-6-8-15/h4-9,11,13-14H,3,10,12H2,1-2H3,(H,21,22)/b20-14-. The van der Waals surface area contributed by atoms with Crippen molar-refractivity contribution < 1.29 is 14.3 Å². The van der Waals surface area contributed by atoms with Gasteiger partial charge >= 0.3 is 0 Å². The summed E-state index contributed by atoms with van der Waals surface area (Å²) < 4.78 is 10.7. The molecule has 0 heterocycles. The van der Waals surface area contributed by atoms with E-state index in [1.54, 1.807) is 13.3 Å². The molecular formula is C19H22N2O3. The number of nitrogens with zero attached hydrogens (tertiary/aromatic N) is 1. The van der Waals surface area contributed by atoms with Gasteiger partial charge in [-0.3, -0.25) is 4.79 Å². The molecule has 0 unspecified atom stereocenters. The van der Waals surface area contributed by atoms with Crippen molar-refractivity contribution in [2.24, 2.45) is 5.10 Å². The van der Waals surface area contributed by atoms with E-state index in [2.05, 4.69) is 10.5 Å².